The van der Waals surface area contributed by atoms with E-state index in [-0.39, 0.29) is 32.2 Å². The molecule has 0 spiro atoms. The SMILES string of the molecule is Cc1nc2ccccn2c1CCC(=O)N(CCO)CCO. The molecule has 0 saturated heterocycles. The number of amides is 1. The summed E-state index contributed by atoms with van der Waals surface area (Å²) in [5, 5.41) is 17.9. The molecular weight excluding hydrogens is 270 g/mol. The van der Waals surface area contributed by atoms with E-state index in [1.165, 1.54) is 4.90 Å². The number of carbonyl (C=O) groups excluding carboxylic acids is 1. The molecule has 6 heteroatoms. The zero-order chi connectivity index (χ0) is 15.2. The molecule has 0 bridgehead atoms. The van der Waals surface area contributed by atoms with Crippen LogP contribution in [0.25, 0.3) is 5.65 Å². The largest absolute Gasteiger partial charge is 0.395 e. The molecule has 0 aliphatic heterocycles. The zero-order valence-corrected chi connectivity index (χ0v) is 12.2. The van der Waals surface area contributed by atoms with Crippen LogP contribution in [-0.2, 0) is 11.2 Å². The number of hydrogen-bond acceptors (Lipinski definition) is 4. The topological polar surface area (TPSA) is 78.1 Å². The molecule has 0 aromatic carbocycles. The number of hydrogen-bond donors (Lipinski definition) is 2. The first-order valence-electron chi connectivity index (χ1n) is 7.09. The Balaban J connectivity index is 2.07. The van der Waals surface area contributed by atoms with Crippen LogP contribution in [0, 0.1) is 6.92 Å². The fraction of sp³-hybridized carbons (Fsp3) is 0.467. The number of aliphatic hydroxyl groups is 2. The Morgan fingerprint density at radius 1 is 1.29 bits per heavy atom. The number of aliphatic hydroxyl groups excluding tert-OH is 2. The minimum Gasteiger partial charge on any atom is -0.395 e. The van der Waals surface area contributed by atoms with Gasteiger partial charge in [0.15, 0.2) is 0 Å². The number of rotatable bonds is 7. The van der Waals surface area contributed by atoms with E-state index in [0.29, 0.717) is 12.8 Å². The number of nitrogens with zero attached hydrogens (tertiary/aromatic N) is 3. The van der Waals surface area contributed by atoms with Gasteiger partial charge in [-0.25, -0.2) is 4.98 Å². The molecule has 21 heavy (non-hydrogen) atoms. The van der Waals surface area contributed by atoms with E-state index in [4.69, 9.17) is 10.2 Å². The molecular formula is C15H21N3O3. The van der Waals surface area contributed by atoms with Crippen molar-refractivity contribution in [2.24, 2.45) is 0 Å². The van der Waals surface area contributed by atoms with Crippen LogP contribution in [-0.4, -0.2) is 56.7 Å². The molecule has 2 aromatic rings. The third-order valence-corrected chi connectivity index (χ3v) is 3.50. The number of imidazole rings is 1. The summed E-state index contributed by atoms with van der Waals surface area (Å²) in [6.07, 6.45) is 2.86. The molecule has 2 rings (SSSR count). The fourth-order valence-electron chi connectivity index (χ4n) is 2.45. The lowest BCUT2D eigenvalue weighted by Gasteiger charge is -2.20. The Morgan fingerprint density at radius 3 is 2.67 bits per heavy atom. The first kappa shape index (κ1) is 15.5. The van der Waals surface area contributed by atoms with Crippen molar-refractivity contribution < 1.29 is 15.0 Å². The third kappa shape index (κ3) is 3.59. The van der Waals surface area contributed by atoms with Crippen LogP contribution in [0.5, 0.6) is 0 Å². The number of pyridine rings is 1. The smallest absolute Gasteiger partial charge is 0.223 e. The van der Waals surface area contributed by atoms with Gasteiger partial charge in [-0.05, 0) is 25.5 Å². The van der Waals surface area contributed by atoms with Crippen LogP contribution in [0.2, 0.25) is 0 Å². The van der Waals surface area contributed by atoms with E-state index < -0.39 is 0 Å². The van der Waals surface area contributed by atoms with Gasteiger partial charge in [0.1, 0.15) is 5.65 Å². The average Bonchev–Trinajstić information content (AvgIpc) is 2.80. The Bertz CT molecular complexity index is 603. The lowest BCUT2D eigenvalue weighted by atomic mass is 10.2. The number of aryl methyl sites for hydroxylation is 2. The van der Waals surface area contributed by atoms with E-state index in [2.05, 4.69) is 4.98 Å². The van der Waals surface area contributed by atoms with Crippen LogP contribution in [0.15, 0.2) is 24.4 Å². The van der Waals surface area contributed by atoms with Gasteiger partial charge in [-0.1, -0.05) is 6.07 Å². The van der Waals surface area contributed by atoms with Gasteiger partial charge in [0, 0.05) is 31.4 Å². The summed E-state index contributed by atoms with van der Waals surface area (Å²) in [7, 11) is 0. The number of fused-ring (bicyclic) bond motifs is 1. The fourth-order valence-corrected chi connectivity index (χ4v) is 2.45. The maximum atomic E-state index is 12.1. The van der Waals surface area contributed by atoms with Gasteiger partial charge in [0.2, 0.25) is 5.91 Å². The quantitative estimate of drug-likeness (QED) is 0.773. The van der Waals surface area contributed by atoms with Crippen molar-refractivity contribution in [2.45, 2.75) is 19.8 Å². The van der Waals surface area contributed by atoms with E-state index in [1.54, 1.807) is 0 Å². The second kappa shape index (κ2) is 7.19. The van der Waals surface area contributed by atoms with Crippen molar-refractivity contribution in [2.75, 3.05) is 26.3 Å². The molecule has 6 nitrogen and oxygen atoms in total. The molecule has 0 aliphatic carbocycles. The Morgan fingerprint density at radius 2 is 2.00 bits per heavy atom. The summed E-state index contributed by atoms with van der Waals surface area (Å²) < 4.78 is 1.99. The predicted octanol–water partition coefficient (Wildman–Crippen LogP) is 0.389. The maximum Gasteiger partial charge on any atom is 0.223 e. The Kier molecular flexibility index (Phi) is 5.30. The highest BCUT2D eigenvalue weighted by atomic mass is 16.3. The molecule has 114 valence electrons. The summed E-state index contributed by atoms with van der Waals surface area (Å²) in [6, 6.07) is 5.80. The molecule has 2 aromatic heterocycles. The van der Waals surface area contributed by atoms with Crippen LogP contribution in [0.4, 0.5) is 0 Å². The maximum absolute atomic E-state index is 12.1. The summed E-state index contributed by atoms with van der Waals surface area (Å²) >= 11 is 0. The van der Waals surface area contributed by atoms with Gasteiger partial charge >= 0.3 is 0 Å². The number of carbonyl (C=O) groups is 1. The van der Waals surface area contributed by atoms with Crippen LogP contribution in [0.3, 0.4) is 0 Å². The van der Waals surface area contributed by atoms with E-state index in [1.807, 2.05) is 35.7 Å². The highest BCUT2D eigenvalue weighted by molar-refractivity contribution is 5.76. The molecule has 2 N–H and O–H groups in total. The minimum absolute atomic E-state index is 0.0663. The monoisotopic (exact) mass is 291 g/mol. The minimum atomic E-state index is -0.0968. The summed E-state index contributed by atoms with van der Waals surface area (Å²) in [4.78, 5) is 18.1. The van der Waals surface area contributed by atoms with Crippen molar-refractivity contribution in [3.8, 4) is 0 Å². The lowest BCUT2D eigenvalue weighted by Crippen LogP contribution is -2.36. The molecule has 0 saturated carbocycles. The van der Waals surface area contributed by atoms with Gasteiger partial charge in [0.05, 0.1) is 18.9 Å². The predicted molar refractivity (Wildman–Crippen MR) is 79.0 cm³/mol. The highest BCUT2D eigenvalue weighted by Gasteiger charge is 2.15. The molecule has 0 fully saturated rings. The van der Waals surface area contributed by atoms with E-state index >= 15 is 0 Å². The van der Waals surface area contributed by atoms with E-state index in [9.17, 15) is 4.79 Å². The normalized spacial score (nSPS) is 11.0. The van der Waals surface area contributed by atoms with Crippen molar-refractivity contribution in [1.29, 1.82) is 0 Å². The van der Waals surface area contributed by atoms with Crippen molar-refractivity contribution >= 4 is 11.6 Å². The van der Waals surface area contributed by atoms with E-state index in [0.717, 1.165) is 17.0 Å². The Hall–Kier alpha value is -1.92. The van der Waals surface area contributed by atoms with Crippen LogP contribution >= 0.6 is 0 Å². The highest BCUT2D eigenvalue weighted by Crippen LogP contribution is 2.14. The molecule has 0 unspecified atom stereocenters. The van der Waals surface area contributed by atoms with Gasteiger partial charge in [-0.2, -0.15) is 0 Å². The molecule has 0 aliphatic rings. The van der Waals surface area contributed by atoms with Crippen molar-refractivity contribution in [1.82, 2.24) is 14.3 Å². The summed E-state index contributed by atoms with van der Waals surface area (Å²) in [5.41, 5.74) is 2.82. The van der Waals surface area contributed by atoms with Crippen molar-refractivity contribution in [3.63, 3.8) is 0 Å². The summed E-state index contributed by atoms with van der Waals surface area (Å²) in [5.74, 6) is -0.0663. The summed E-state index contributed by atoms with van der Waals surface area (Å²) in [6.45, 7) is 2.25. The van der Waals surface area contributed by atoms with Crippen LogP contribution < -0.4 is 0 Å². The van der Waals surface area contributed by atoms with Gasteiger partial charge in [-0.3, -0.25) is 4.79 Å². The zero-order valence-electron chi connectivity index (χ0n) is 12.2. The van der Waals surface area contributed by atoms with Gasteiger partial charge in [0.25, 0.3) is 0 Å². The second-order valence-corrected chi connectivity index (χ2v) is 4.90. The number of aromatic nitrogens is 2. The molecule has 2 heterocycles. The second-order valence-electron chi connectivity index (χ2n) is 4.90. The standard InChI is InChI=1S/C15H21N3O3/c1-12-13(18-7-3-2-4-14(18)16-12)5-6-15(21)17(8-10-19)9-11-20/h2-4,7,19-20H,5-6,8-11H2,1H3. The lowest BCUT2D eigenvalue weighted by molar-refractivity contribution is -0.132. The molecule has 0 radical (unpaired) electrons. The first-order valence-corrected chi connectivity index (χ1v) is 7.09. The average molecular weight is 291 g/mol. The van der Waals surface area contributed by atoms with Crippen LogP contribution in [0.1, 0.15) is 17.8 Å². The van der Waals surface area contributed by atoms with Gasteiger partial charge in [-0.15, -0.1) is 0 Å². The van der Waals surface area contributed by atoms with Gasteiger partial charge < -0.3 is 19.5 Å². The third-order valence-electron chi connectivity index (χ3n) is 3.50. The molecule has 1 amide bonds. The van der Waals surface area contributed by atoms with Crippen molar-refractivity contribution in [3.05, 3.63) is 35.8 Å². The first-order chi connectivity index (χ1) is 10.2. The Labute approximate surface area is 123 Å². The molecule has 0 atom stereocenters.